The van der Waals surface area contributed by atoms with Gasteiger partial charge in [-0.3, -0.25) is 9.69 Å². The zero-order valence-corrected chi connectivity index (χ0v) is 15.0. The molecule has 1 aromatic heterocycles. The smallest absolute Gasteiger partial charge is 0.238 e. The molecule has 1 amide bonds. The number of hydrogen-bond acceptors (Lipinski definition) is 5. The SMILES string of the molecule is CN(CC(=O)Nc1cccc(Cl)c1)C[C@H](O)COCc1cccs1. The molecule has 2 N–H and O–H groups in total. The first-order chi connectivity index (χ1) is 11.5. The van der Waals surface area contributed by atoms with E-state index in [9.17, 15) is 9.90 Å². The number of nitrogens with one attached hydrogen (secondary N) is 1. The molecule has 5 nitrogen and oxygen atoms in total. The molecule has 2 rings (SSSR count). The van der Waals surface area contributed by atoms with E-state index >= 15 is 0 Å². The first-order valence-electron chi connectivity index (χ1n) is 7.55. The molecule has 0 spiro atoms. The minimum absolute atomic E-state index is 0.161. The van der Waals surface area contributed by atoms with Crippen LogP contribution in [0.4, 0.5) is 5.69 Å². The second kappa shape index (κ2) is 9.76. The molecule has 0 aliphatic carbocycles. The van der Waals surface area contributed by atoms with Crippen LogP contribution in [0, 0.1) is 0 Å². The van der Waals surface area contributed by atoms with Gasteiger partial charge in [-0.25, -0.2) is 0 Å². The Bertz CT molecular complexity index is 637. The fourth-order valence-corrected chi connectivity index (χ4v) is 3.01. The van der Waals surface area contributed by atoms with E-state index in [0.717, 1.165) is 4.88 Å². The molecule has 2 aromatic rings. The summed E-state index contributed by atoms with van der Waals surface area (Å²) in [4.78, 5) is 14.8. The Balaban J connectivity index is 1.65. The van der Waals surface area contributed by atoms with Crippen molar-refractivity contribution in [1.82, 2.24) is 4.90 Å². The number of likely N-dealkylation sites (N-methyl/N-ethyl adjacent to an activating group) is 1. The molecule has 0 unspecified atom stereocenters. The molecule has 0 fully saturated rings. The summed E-state index contributed by atoms with van der Waals surface area (Å²) in [5.74, 6) is -0.161. The lowest BCUT2D eigenvalue weighted by molar-refractivity contribution is -0.117. The standard InChI is InChI=1S/C17H21ClN2O3S/c1-20(9-15(21)11-23-12-16-6-3-7-24-16)10-17(22)19-14-5-2-4-13(18)8-14/h2-8,15,21H,9-12H2,1H3,(H,19,22)/t15-/m0/s1. The zero-order chi connectivity index (χ0) is 17.4. The van der Waals surface area contributed by atoms with E-state index in [-0.39, 0.29) is 19.1 Å². The third-order valence-electron chi connectivity index (χ3n) is 3.18. The van der Waals surface area contributed by atoms with E-state index in [0.29, 0.717) is 23.9 Å². The van der Waals surface area contributed by atoms with E-state index in [4.69, 9.17) is 16.3 Å². The van der Waals surface area contributed by atoms with Gasteiger partial charge in [-0.15, -0.1) is 11.3 Å². The minimum Gasteiger partial charge on any atom is -0.389 e. The number of aliphatic hydroxyl groups excluding tert-OH is 1. The summed E-state index contributed by atoms with van der Waals surface area (Å²) in [7, 11) is 1.78. The number of nitrogens with zero attached hydrogens (tertiary/aromatic N) is 1. The van der Waals surface area contributed by atoms with Crippen molar-refractivity contribution >= 4 is 34.5 Å². The van der Waals surface area contributed by atoms with Crippen LogP contribution >= 0.6 is 22.9 Å². The molecule has 1 atom stereocenters. The Kier molecular flexibility index (Phi) is 7.68. The van der Waals surface area contributed by atoms with Crippen LogP contribution in [0.25, 0.3) is 0 Å². The van der Waals surface area contributed by atoms with Gasteiger partial charge in [0.2, 0.25) is 5.91 Å². The van der Waals surface area contributed by atoms with Crippen molar-refractivity contribution in [3.05, 3.63) is 51.7 Å². The van der Waals surface area contributed by atoms with Gasteiger partial charge < -0.3 is 15.2 Å². The van der Waals surface area contributed by atoms with E-state index in [1.165, 1.54) is 0 Å². The Morgan fingerprint density at radius 2 is 2.25 bits per heavy atom. The molecular weight excluding hydrogens is 348 g/mol. The van der Waals surface area contributed by atoms with E-state index < -0.39 is 6.10 Å². The maximum absolute atomic E-state index is 12.0. The van der Waals surface area contributed by atoms with Gasteiger partial charge in [-0.05, 0) is 36.7 Å². The number of carbonyl (C=O) groups is 1. The Morgan fingerprint density at radius 3 is 2.96 bits per heavy atom. The number of hydrogen-bond donors (Lipinski definition) is 2. The second-order valence-electron chi connectivity index (χ2n) is 5.50. The number of amides is 1. The number of carbonyl (C=O) groups excluding carboxylic acids is 1. The van der Waals surface area contributed by atoms with Gasteiger partial charge in [0.05, 0.1) is 25.9 Å². The molecule has 7 heteroatoms. The molecule has 1 heterocycles. The molecule has 1 aromatic carbocycles. The normalized spacial score (nSPS) is 12.3. The van der Waals surface area contributed by atoms with Crippen LogP contribution in [-0.4, -0.2) is 48.8 Å². The number of halogens is 1. The molecule has 0 saturated heterocycles. The lowest BCUT2D eigenvalue weighted by Gasteiger charge is -2.20. The van der Waals surface area contributed by atoms with E-state index in [2.05, 4.69) is 5.32 Å². The number of ether oxygens (including phenoxy) is 1. The summed E-state index contributed by atoms with van der Waals surface area (Å²) >= 11 is 7.50. The molecule has 0 aliphatic rings. The Hall–Kier alpha value is -1.44. The predicted octanol–water partition coefficient (Wildman–Crippen LogP) is 2.85. The number of thiophene rings is 1. The van der Waals surface area contributed by atoms with Crippen molar-refractivity contribution in [2.45, 2.75) is 12.7 Å². The van der Waals surface area contributed by atoms with Gasteiger partial charge in [0.1, 0.15) is 0 Å². The average molecular weight is 369 g/mol. The van der Waals surface area contributed by atoms with Gasteiger partial charge in [-0.1, -0.05) is 23.7 Å². The van der Waals surface area contributed by atoms with E-state index in [1.54, 1.807) is 47.5 Å². The summed E-state index contributed by atoms with van der Waals surface area (Å²) in [6, 6.07) is 10.9. The van der Waals surface area contributed by atoms with Crippen molar-refractivity contribution in [3.63, 3.8) is 0 Å². The Morgan fingerprint density at radius 1 is 1.42 bits per heavy atom. The van der Waals surface area contributed by atoms with Crippen molar-refractivity contribution in [2.75, 3.05) is 32.1 Å². The molecule has 0 bridgehead atoms. The summed E-state index contributed by atoms with van der Waals surface area (Å²) in [5, 5.41) is 15.3. The third-order valence-corrected chi connectivity index (χ3v) is 4.26. The molecule has 24 heavy (non-hydrogen) atoms. The predicted molar refractivity (Wildman–Crippen MR) is 97.6 cm³/mol. The summed E-state index contributed by atoms with van der Waals surface area (Å²) in [5.41, 5.74) is 0.653. The Labute approximate surface area is 150 Å². The summed E-state index contributed by atoms with van der Waals surface area (Å²) in [6.45, 7) is 1.26. The highest BCUT2D eigenvalue weighted by atomic mass is 35.5. The van der Waals surface area contributed by atoms with Crippen molar-refractivity contribution in [1.29, 1.82) is 0 Å². The van der Waals surface area contributed by atoms with Crippen LogP contribution in [0.2, 0.25) is 5.02 Å². The van der Waals surface area contributed by atoms with Gasteiger partial charge in [0.15, 0.2) is 0 Å². The largest absolute Gasteiger partial charge is 0.389 e. The summed E-state index contributed by atoms with van der Waals surface area (Å²) < 4.78 is 5.47. The van der Waals surface area contributed by atoms with Gasteiger partial charge in [0, 0.05) is 22.1 Å². The number of anilines is 1. The zero-order valence-electron chi connectivity index (χ0n) is 13.4. The fraction of sp³-hybridized carbons (Fsp3) is 0.353. The van der Waals surface area contributed by atoms with E-state index in [1.807, 2.05) is 17.5 Å². The van der Waals surface area contributed by atoms with Crippen LogP contribution in [-0.2, 0) is 16.1 Å². The molecule has 130 valence electrons. The minimum atomic E-state index is -0.645. The highest BCUT2D eigenvalue weighted by Crippen LogP contribution is 2.14. The van der Waals surface area contributed by atoms with Crippen LogP contribution < -0.4 is 5.32 Å². The topological polar surface area (TPSA) is 61.8 Å². The van der Waals surface area contributed by atoms with Crippen LogP contribution in [0.1, 0.15) is 4.88 Å². The first kappa shape index (κ1) is 18.9. The van der Waals surface area contributed by atoms with Crippen LogP contribution in [0.5, 0.6) is 0 Å². The molecular formula is C17H21ClN2O3S. The number of aliphatic hydroxyl groups is 1. The van der Waals surface area contributed by atoms with Gasteiger partial charge in [0.25, 0.3) is 0 Å². The maximum Gasteiger partial charge on any atom is 0.238 e. The van der Waals surface area contributed by atoms with Crippen molar-refractivity contribution in [2.24, 2.45) is 0 Å². The number of benzene rings is 1. The van der Waals surface area contributed by atoms with Crippen molar-refractivity contribution < 1.29 is 14.6 Å². The molecule has 0 radical (unpaired) electrons. The van der Waals surface area contributed by atoms with Gasteiger partial charge >= 0.3 is 0 Å². The third kappa shape index (κ3) is 6.98. The van der Waals surface area contributed by atoms with Crippen LogP contribution in [0.3, 0.4) is 0 Å². The highest BCUT2D eigenvalue weighted by molar-refractivity contribution is 7.09. The maximum atomic E-state index is 12.0. The van der Waals surface area contributed by atoms with Crippen LogP contribution in [0.15, 0.2) is 41.8 Å². The second-order valence-corrected chi connectivity index (χ2v) is 6.97. The summed E-state index contributed by atoms with van der Waals surface area (Å²) in [6.07, 6.45) is -0.645. The lowest BCUT2D eigenvalue weighted by atomic mass is 10.3. The highest BCUT2D eigenvalue weighted by Gasteiger charge is 2.12. The molecule has 0 aliphatic heterocycles. The average Bonchev–Trinajstić information content (AvgIpc) is 3.00. The van der Waals surface area contributed by atoms with Crippen molar-refractivity contribution in [3.8, 4) is 0 Å². The van der Waals surface area contributed by atoms with Gasteiger partial charge in [-0.2, -0.15) is 0 Å². The quantitative estimate of drug-likeness (QED) is 0.714. The number of rotatable bonds is 9. The first-order valence-corrected chi connectivity index (χ1v) is 8.81. The monoisotopic (exact) mass is 368 g/mol. The fourth-order valence-electron chi connectivity index (χ4n) is 2.18. The molecule has 0 saturated carbocycles. The lowest BCUT2D eigenvalue weighted by Crippen LogP contribution is -2.37.